The molecule has 184 valence electrons. The summed E-state index contributed by atoms with van der Waals surface area (Å²) in [7, 11) is -3.90. The first-order chi connectivity index (χ1) is 15.7. The number of sulfonamides is 1. The summed E-state index contributed by atoms with van der Waals surface area (Å²) in [6.07, 6.45) is -1.87. The van der Waals surface area contributed by atoms with Gasteiger partial charge in [0.25, 0.3) is 0 Å². The fourth-order valence-corrected chi connectivity index (χ4v) is 5.61. The second-order valence-corrected chi connectivity index (χ2v) is 11.3. The normalized spacial score (nSPS) is 20.9. The van der Waals surface area contributed by atoms with Crippen molar-refractivity contribution in [1.82, 2.24) is 9.55 Å². The minimum Gasteiger partial charge on any atom is -0.406 e. The third kappa shape index (κ3) is 5.47. The molecule has 3 N–H and O–H groups in total. The molecule has 34 heavy (non-hydrogen) atoms. The second-order valence-electron chi connectivity index (χ2n) is 9.77. The molecule has 2 unspecified atom stereocenters. The Hall–Kier alpha value is -2.79. The van der Waals surface area contributed by atoms with E-state index in [2.05, 4.69) is 40.4 Å². The van der Waals surface area contributed by atoms with Crippen molar-refractivity contribution >= 4 is 32.7 Å². The molecule has 2 aromatic carbocycles. The van der Waals surface area contributed by atoms with Crippen molar-refractivity contribution < 1.29 is 26.3 Å². The van der Waals surface area contributed by atoms with Crippen molar-refractivity contribution in [3.63, 3.8) is 0 Å². The summed E-state index contributed by atoms with van der Waals surface area (Å²) in [6.45, 7) is 6.65. The predicted molar refractivity (Wildman–Crippen MR) is 123 cm³/mol. The van der Waals surface area contributed by atoms with Gasteiger partial charge in [-0.1, -0.05) is 20.8 Å². The highest BCUT2D eigenvalue weighted by molar-refractivity contribution is 7.89. The highest BCUT2D eigenvalue weighted by Crippen LogP contribution is 2.46. The van der Waals surface area contributed by atoms with Crippen molar-refractivity contribution in [2.75, 3.05) is 5.32 Å². The van der Waals surface area contributed by atoms with Crippen LogP contribution >= 0.6 is 0 Å². The molecule has 1 aliphatic carbocycles. The summed E-state index contributed by atoms with van der Waals surface area (Å²) in [6, 6.07) is 10.0. The maximum absolute atomic E-state index is 12.5. The summed E-state index contributed by atoms with van der Waals surface area (Å²) in [5, 5.41) is 8.48. The highest BCUT2D eigenvalue weighted by Gasteiger charge is 2.35. The molecule has 2 atom stereocenters. The van der Waals surface area contributed by atoms with Crippen LogP contribution in [0.1, 0.15) is 46.1 Å². The van der Waals surface area contributed by atoms with Gasteiger partial charge in [-0.15, -0.1) is 13.2 Å². The lowest BCUT2D eigenvalue weighted by atomic mass is 9.70. The van der Waals surface area contributed by atoms with E-state index in [4.69, 9.17) is 5.14 Å². The van der Waals surface area contributed by atoms with Gasteiger partial charge in [0.15, 0.2) is 0 Å². The lowest BCUT2D eigenvalue weighted by Crippen LogP contribution is -2.29. The molecule has 1 heterocycles. The average Bonchev–Trinajstić information content (AvgIpc) is 3.03. The fraction of sp³-hybridized carbons (Fsp3) is 0.435. The monoisotopic (exact) mass is 496 g/mol. The summed E-state index contributed by atoms with van der Waals surface area (Å²) < 4.78 is 67.1. The number of primary sulfonamides is 1. The summed E-state index contributed by atoms with van der Waals surface area (Å²) in [4.78, 5) is 4.59. The van der Waals surface area contributed by atoms with Crippen LogP contribution in [0.3, 0.4) is 0 Å². The number of fused-ring (bicyclic) bond motifs is 1. The van der Waals surface area contributed by atoms with E-state index in [-0.39, 0.29) is 22.1 Å². The maximum atomic E-state index is 12.5. The molecule has 4 rings (SSSR count). The SMILES string of the molecule is CC1CC(n2c(Nc3ccc(OC(F)(F)F)cc3)nc3cc(S(N)(=O)=O)ccc32)CC(C)(C)C1. The topological polar surface area (TPSA) is 99.2 Å². The smallest absolute Gasteiger partial charge is 0.406 e. The lowest BCUT2D eigenvalue weighted by Gasteiger charge is -2.40. The fourth-order valence-electron chi connectivity index (χ4n) is 5.07. The Labute approximate surface area is 196 Å². The first-order valence-electron chi connectivity index (χ1n) is 10.9. The average molecular weight is 497 g/mol. The van der Waals surface area contributed by atoms with Crippen LogP contribution in [0.2, 0.25) is 0 Å². The Morgan fingerprint density at radius 1 is 1.15 bits per heavy atom. The molecule has 3 aromatic rings. The van der Waals surface area contributed by atoms with Crippen molar-refractivity contribution in [2.24, 2.45) is 16.5 Å². The Morgan fingerprint density at radius 3 is 2.41 bits per heavy atom. The Balaban J connectivity index is 1.76. The number of hydrogen-bond donors (Lipinski definition) is 2. The van der Waals surface area contributed by atoms with Gasteiger partial charge in [-0.25, -0.2) is 18.5 Å². The van der Waals surface area contributed by atoms with Gasteiger partial charge in [0.1, 0.15) is 5.75 Å². The number of nitrogens with two attached hydrogens (primary N) is 1. The van der Waals surface area contributed by atoms with Crippen LogP contribution in [0.4, 0.5) is 24.8 Å². The van der Waals surface area contributed by atoms with Crippen LogP contribution in [0.5, 0.6) is 5.75 Å². The molecule has 1 saturated carbocycles. The van der Waals surface area contributed by atoms with Crippen LogP contribution < -0.4 is 15.2 Å². The Bertz CT molecular complexity index is 1300. The van der Waals surface area contributed by atoms with Crippen LogP contribution in [-0.2, 0) is 10.0 Å². The molecule has 7 nitrogen and oxygen atoms in total. The Kier molecular flexibility index (Phi) is 6.05. The van der Waals surface area contributed by atoms with Gasteiger partial charge < -0.3 is 14.6 Å². The van der Waals surface area contributed by atoms with E-state index in [0.29, 0.717) is 23.1 Å². The van der Waals surface area contributed by atoms with Crippen LogP contribution in [0.25, 0.3) is 11.0 Å². The largest absolute Gasteiger partial charge is 0.573 e. The number of ether oxygens (including phenoxy) is 1. The van der Waals surface area contributed by atoms with Gasteiger partial charge in [-0.05, 0) is 73.1 Å². The summed E-state index contributed by atoms with van der Waals surface area (Å²) in [5.41, 5.74) is 1.83. The summed E-state index contributed by atoms with van der Waals surface area (Å²) >= 11 is 0. The van der Waals surface area contributed by atoms with Crippen LogP contribution in [-0.4, -0.2) is 24.3 Å². The number of alkyl halides is 3. The number of imidazole rings is 1. The van der Waals surface area contributed by atoms with E-state index >= 15 is 0 Å². The van der Waals surface area contributed by atoms with Gasteiger partial charge in [-0.3, -0.25) is 0 Å². The molecule has 0 saturated heterocycles. The Morgan fingerprint density at radius 2 is 1.82 bits per heavy atom. The van der Waals surface area contributed by atoms with Gasteiger partial charge in [0.2, 0.25) is 16.0 Å². The quantitative estimate of drug-likeness (QED) is 0.471. The van der Waals surface area contributed by atoms with Gasteiger partial charge in [0, 0.05) is 11.7 Å². The van der Waals surface area contributed by atoms with Crippen molar-refractivity contribution in [3.8, 4) is 5.75 Å². The van der Waals surface area contributed by atoms with E-state index in [0.717, 1.165) is 24.8 Å². The predicted octanol–water partition coefficient (Wildman–Crippen LogP) is 5.71. The molecule has 0 amide bonds. The third-order valence-electron chi connectivity index (χ3n) is 6.06. The number of aromatic nitrogens is 2. The number of halogens is 3. The van der Waals surface area contributed by atoms with E-state index in [1.165, 1.54) is 36.4 Å². The first kappa shape index (κ1) is 24.3. The summed E-state index contributed by atoms with van der Waals surface area (Å²) in [5.74, 6) is 0.620. The number of nitrogens with one attached hydrogen (secondary N) is 1. The first-order valence-corrected chi connectivity index (χ1v) is 12.4. The number of rotatable bonds is 5. The van der Waals surface area contributed by atoms with E-state index in [9.17, 15) is 21.6 Å². The molecular formula is C23H27F3N4O3S. The minimum absolute atomic E-state index is 0.0396. The van der Waals surface area contributed by atoms with Crippen molar-refractivity contribution in [1.29, 1.82) is 0 Å². The van der Waals surface area contributed by atoms with E-state index < -0.39 is 16.4 Å². The van der Waals surface area contributed by atoms with Crippen molar-refractivity contribution in [3.05, 3.63) is 42.5 Å². The van der Waals surface area contributed by atoms with Gasteiger partial charge in [-0.2, -0.15) is 0 Å². The molecule has 0 aliphatic heterocycles. The zero-order valence-corrected chi connectivity index (χ0v) is 19.9. The number of hydrogen-bond acceptors (Lipinski definition) is 5. The minimum atomic E-state index is -4.77. The zero-order valence-electron chi connectivity index (χ0n) is 19.1. The van der Waals surface area contributed by atoms with Crippen molar-refractivity contribution in [2.45, 2.75) is 57.3 Å². The number of nitrogens with zero attached hydrogens (tertiary/aromatic N) is 2. The van der Waals surface area contributed by atoms with Crippen LogP contribution in [0.15, 0.2) is 47.4 Å². The molecule has 0 spiro atoms. The molecule has 1 fully saturated rings. The van der Waals surface area contributed by atoms with E-state index in [1.807, 2.05) is 0 Å². The standard InChI is InChI=1S/C23H27F3N4O3S/c1-14-10-16(13-22(2,3)12-14)30-20-9-8-18(34(27,31)32)11-19(20)29-21(30)28-15-4-6-17(7-5-15)33-23(24,25)26/h4-9,11,14,16H,10,12-13H2,1-3H3,(H,28,29)(H2,27,31,32). The molecule has 1 aliphatic rings. The van der Waals surface area contributed by atoms with Gasteiger partial charge in [0.05, 0.1) is 15.9 Å². The molecule has 1 aromatic heterocycles. The van der Waals surface area contributed by atoms with Crippen LogP contribution in [0, 0.1) is 11.3 Å². The number of anilines is 2. The molecular weight excluding hydrogens is 469 g/mol. The van der Waals surface area contributed by atoms with E-state index in [1.54, 1.807) is 6.07 Å². The lowest BCUT2D eigenvalue weighted by molar-refractivity contribution is -0.274. The molecule has 0 bridgehead atoms. The van der Waals surface area contributed by atoms with Gasteiger partial charge >= 0.3 is 6.36 Å². The molecule has 0 radical (unpaired) electrons. The zero-order chi connectivity index (χ0) is 24.9. The molecule has 11 heteroatoms. The highest BCUT2D eigenvalue weighted by atomic mass is 32.2. The maximum Gasteiger partial charge on any atom is 0.573 e. The third-order valence-corrected chi connectivity index (χ3v) is 6.97. The second kappa shape index (κ2) is 8.46. The number of benzene rings is 2.